The first-order valence-corrected chi connectivity index (χ1v) is 29.1. The second kappa shape index (κ2) is 59.6. The van der Waals surface area contributed by atoms with E-state index in [9.17, 15) is 9.59 Å². The van der Waals surface area contributed by atoms with E-state index in [0.717, 1.165) is 128 Å². The zero-order chi connectivity index (χ0) is 50.6. The highest BCUT2D eigenvalue weighted by atomic mass is 16.6. The molecular formula is C65H108O5. The minimum atomic E-state index is -0.567. The molecule has 5 nitrogen and oxygen atoms in total. The lowest BCUT2D eigenvalue weighted by Gasteiger charge is -2.18. The van der Waals surface area contributed by atoms with Crippen molar-refractivity contribution in [3.05, 3.63) is 122 Å². The van der Waals surface area contributed by atoms with Crippen molar-refractivity contribution in [3.8, 4) is 0 Å². The predicted octanol–water partition coefficient (Wildman–Crippen LogP) is 20.1. The van der Waals surface area contributed by atoms with E-state index in [4.69, 9.17) is 14.2 Å². The molecule has 0 aliphatic carbocycles. The van der Waals surface area contributed by atoms with Gasteiger partial charge in [-0.05, 0) is 128 Å². The summed E-state index contributed by atoms with van der Waals surface area (Å²) in [4.78, 5) is 25.5. The Morgan fingerprint density at radius 2 is 0.643 bits per heavy atom. The fraction of sp³-hybridized carbons (Fsp3) is 0.662. The molecule has 0 aromatic heterocycles. The Morgan fingerprint density at radius 1 is 0.329 bits per heavy atom. The number of rotatable bonds is 52. The molecule has 0 aliphatic heterocycles. The lowest BCUT2D eigenvalue weighted by Crippen LogP contribution is -2.30. The van der Waals surface area contributed by atoms with Gasteiger partial charge >= 0.3 is 11.9 Å². The number of unbranched alkanes of at least 4 members (excludes halogenated alkanes) is 21. The van der Waals surface area contributed by atoms with E-state index in [1.165, 1.54) is 89.9 Å². The van der Waals surface area contributed by atoms with Crippen molar-refractivity contribution >= 4 is 11.9 Å². The zero-order valence-electron chi connectivity index (χ0n) is 45.7. The third-order valence-electron chi connectivity index (χ3n) is 12.0. The number of hydrogen-bond donors (Lipinski definition) is 0. The summed E-state index contributed by atoms with van der Waals surface area (Å²) in [6.07, 6.45) is 83.6. The molecule has 70 heavy (non-hydrogen) atoms. The number of hydrogen-bond acceptors (Lipinski definition) is 5. The molecule has 0 radical (unpaired) electrons. The van der Waals surface area contributed by atoms with Gasteiger partial charge in [-0.1, -0.05) is 232 Å². The van der Waals surface area contributed by atoms with Crippen molar-refractivity contribution in [1.29, 1.82) is 0 Å². The van der Waals surface area contributed by atoms with E-state index in [1.807, 2.05) is 0 Å². The van der Waals surface area contributed by atoms with Crippen molar-refractivity contribution < 1.29 is 23.8 Å². The fourth-order valence-electron chi connectivity index (χ4n) is 7.70. The van der Waals surface area contributed by atoms with Crippen LogP contribution in [0.1, 0.15) is 252 Å². The smallest absolute Gasteiger partial charge is 0.306 e. The van der Waals surface area contributed by atoms with Crippen LogP contribution in [-0.2, 0) is 23.8 Å². The molecule has 1 atom stereocenters. The second-order valence-electron chi connectivity index (χ2n) is 18.8. The van der Waals surface area contributed by atoms with Gasteiger partial charge in [0.2, 0.25) is 0 Å². The van der Waals surface area contributed by atoms with Gasteiger partial charge in [0.15, 0.2) is 6.10 Å². The van der Waals surface area contributed by atoms with Gasteiger partial charge in [0, 0.05) is 19.4 Å². The monoisotopic (exact) mass is 969 g/mol. The van der Waals surface area contributed by atoms with Gasteiger partial charge in [0.25, 0.3) is 0 Å². The summed E-state index contributed by atoms with van der Waals surface area (Å²) >= 11 is 0. The molecule has 0 saturated carbocycles. The maximum Gasteiger partial charge on any atom is 0.306 e. The van der Waals surface area contributed by atoms with E-state index in [1.54, 1.807) is 0 Å². The lowest BCUT2D eigenvalue weighted by atomic mass is 10.1. The number of ether oxygens (including phenoxy) is 3. The largest absolute Gasteiger partial charge is 0.462 e. The van der Waals surface area contributed by atoms with Crippen LogP contribution >= 0.6 is 0 Å². The molecule has 0 rings (SSSR count). The Morgan fingerprint density at radius 3 is 1.03 bits per heavy atom. The SMILES string of the molecule is CC/C=C\C/C=C\C/C=C\C/C=C\CCCCCCC(=O)OCC(COCCCCCCCCC/C=C\C/C=C\C/C=C\CCCCC)OC(=O)CCCCCCCCC/C=C\C/C=C\C/C=C\CC. The Balaban J connectivity index is 4.38. The first-order valence-electron chi connectivity index (χ1n) is 29.1. The van der Waals surface area contributed by atoms with Crippen molar-refractivity contribution in [3.63, 3.8) is 0 Å². The van der Waals surface area contributed by atoms with Crippen LogP contribution in [0.4, 0.5) is 0 Å². The van der Waals surface area contributed by atoms with Gasteiger partial charge in [-0.25, -0.2) is 0 Å². The third kappa shape index (κ3) is 56.9. The van der Waals surface area contributed by atoms with Crippen LogP contribution in [0.3, 0.4) is 0 Å². The van der Waals surface area contributed by atoms with Gasteiger partial charge in [0.1, 0.15) is 6.61 Å². The molecule has 0 saturated heterocycles. The number of carbonyl (C=O) groups excluding carboxylic acids is 2. The van der Waals surface area contributed by atoms with E-state index in [2.05, 4.69) is 142 Å². The number of esters is 2. The minimum Gasteiger partial charge on any atom is -0.462 e. The molecule has 5 heteroatoms. The standard InChI is InChI=1S/C65H108O5/c1-4-7-10-13-16-19-22-25-28-31-32-33-36-39-42-45-48-51-54-57-60-68-61-63(70-65(67)59-56-53-50-47-44-41-38-35-30-27-24-21-18-15-12-9-6-3)62-69-64(66)58-55-52-49-46-43-40-37-34-29-26-23-20-17-14-11-8-5-2/h8-9,11-12,16-21,25-30,32-33,37,40,63H,4-7,10,13-15,22-24,31,34-36,38-39,41-62H2,1-3H3/b11-8-,12-9-,19-16-,20-17-,21-18-,28-25-,29-26-,30-27-,33-32-,40-37-. The van der Waals surface area contributed by atoms with Crippen LogP contribution in [0.5, 0.6) is 0 Å². The van der Waals surface area contributed by atoms with Crippen LogP contribution < -0.4 is 0 Å². The Kier molecular flexibility index (Phi) is 56.5. The first-order chi connectivity index (χ1) is 34.6. The third-order valence-corrected chi connectivity index (χ3v) is 12.0. The number of carbonyl (C=O) groups is 2. The molecule has 0 amide bonds. The Labute approximate surface area is 433 Å². The average molecular weight is 970 g/mol. The molecule has 0 spiro atoms. The van der Waals surface area contributed by atoms with Gasteiger partial charge in [-0.2, -0.15) is 0 Å². The molecule has 398 valence electrons. The van der Waals surface area contributed by atoms with E-state index in [0.29, 0.717) is 19.4 Å². The summed E-state index contributed by atoms with van der Waals surface area (Å²) in [5, 5.41) is 0. The highest BCUT2D eigenvalue weighted by Gasteiger charge is 2.17. The van der Waals surface area contributed by atoms with Crippen LogP contribution in [0.15, 0.2) is 122 Å². The van der Waals surface area contributed by atoms with E-state index in [-0.39, 0.29) is 25.2 Å². The first kappa shape index (κ1) is 66.3. The molecule has 0 fully saturated rings. The summed E-state index contributed by atoms with van der Waals surface area (Å²) < 4.78 is 17.5. The van der Waals surface area contributed by atoms with Gasteiger partial charge in [-0.15, -0.1) is 0 Å². The number of allylic oxidation sites excluding steroid dienone is 20. The summed E-state index contributed by atoms with van der Waals surface area (Å²) in [6.45, 7) is 7.52. The van der Waals surface area contributed by atoms with Crippen molar-refractivity contribution in [2.75, 3.05) is 19.8 Å². The summed E-state index contributed by atoms with van der Waals surface area (Å²) in [5.41, 5.74) is 0. The van der Waals surface area contributed by atoms with Crippen molar-refractivity contribution in [1.82, 2.24) is 0 Å². The maximum atomic E-state index is 12.9. The highest BCUT2D eigenvalue weighted by molar-refractivity contribution is 5.70. The van der Waals surface area contributed by atoms with E-state index >= 15 is 0 Å². The van der Waals surface area contributed by atoms with Crippen LogP contribution in [0.25, 0.3) is 0 Å². The van der Waals surface area contributed by atoms with Crippen molar-refractivity contribution in [2.45, 2.75) is 258 Å². The minimum absolute atomic E-state index is 0.0572. The summed E-state index contributed by atoms with van der Waals surface area (Å²) in [7, 11) is 0. The van der Waals surface area contributed by atoms with Crippen LogP contribution in [0.2, 0.25) is 0 Å². The quantitative estimate of drug-likeness (QED) is 0.0345. The fourth-order valence-corrected chi connectivity index (χ4v) is 7.70. The molecular weight excluding hydrogens is 861 g/mol. The lowest BCUT2D eigenvalue weighted by molar-refractivity contribution is -0.163. The average Bonchev–Trinajstić information content (AvgIpc) is 3.36. The van der Waals surface area contributed by atoms with Gasteiger partial charge < -0.3 is 14.2 Å². The second-order valence-corrected chi connectivity index (χ2v) is 18.8. The normalized spacial score (nSPS) is 13.1. The molecule has 0 aromatic carbocycles. The summed E-state index contributed by atoms with van der Waals surface area (Å²) in [5.74, 6) is -0.444. The zero-order valence-corrected chi connectivity index (χ0v) is 45.7. The van der Waals surface area contributed by atoms with E-state index < -0.39 is 6.10 Å². The predicted molar refractivity (Wildman–Crippen MR) is 306 cm³/mol. The van der Waals surface area contributed by atoms with Crippen LogP contribution in [0, 0.1) is 0 Å². The molecule has 0 heterocycles. The molecule has 0 aromatic rings. The Bertz CT molecular complexity index is 1420. The topological polar surface area (TPSA) is 61.8 Å². The molecule has 1 unspecified atom stereocenters. The molecule has 0 bridgehead atoms. The summed E-state index contributed by atoms with van der Waals surface area (Å²) in [6, 6.07) is 0. The highest BCUT2D eigenvalue weighted by Crippen LogP contribution is 2.14. The van der Waals surface area contributed by atoms with Crippen molar-refractivity contribution in [2.24, 2.45) is 0 Å². The maximum absolute atomic E-state index is 12.9. The van der Waals surface area contributed by atoms with Gasteiger partial charge in [-0.3, -0.25) is 9.59 Å². The molecule has 0 N–H and O–H groups in total. The Hall–Kier alpha value is -3.70. The van der Waals surface area contributed by atoms with Gasteiger partial charge in [0.05, 0.1) is 6.61 Å². The van der Waals surface area contributed by atoms with Crippen LogP contribution in [-0.4, -0.2) is 37.9 Å². The molecule has 0 aliphatic rings.